The van der Waals surface area contributed by atoms with Crippen molar-refractivity contribution in [2.75, 3.05) is 26.7 Å². The second kappa shape index (κ2) is 11.8. The molecule has 38 heavy (non-hydrogen) atoms. The summed E-state index contributed by atoms with van der Waals surface area (Å²) in [5, 5.41) is 9.84. The Bertz CT molecular complexity index is 1410. The molecule has 0 saturated carbocycles. The molecule has 1 aromatic heterocycles. The van der Waals surface area contributed by atoms with Crippen LogP contribution < -0.4 is 16.4 Å². The summed E-state index contributed by atoms with van der Waals surface area (Å²) in [6.45, 7) is 1.97. The van der Waals surface area contributed by atoms with Crippen LogP contribution in [0.1, 0.15) is 24.0 Å². The molecule has 2 atom stereocenters. The van der Waals surface area contributed by atoms with E-state index in [0.29, 0.717) is 19.4 Å². The van der Waals surface area contributed by atoms with Gasteiger partial charge in [-0.1, -0.05) is 60.7 Å². The number of hydrogen-bond acceptors (Lipinski definition) is 4. The lowest BCUT2D eigenvalue weighted by molar-refractivity contribution is -0.138. The number of H-pyrrole nitrogens is 1. The molecule has 1 fully saturated rings. The van der Waals surface area contributed by atoms with Gasteiger partial charge in [-0.2, -0.15) is 0 Å². The Morgan fingerprint density at radius 3 is 2.53 bits per heavy atom. The van der Waals surface area contributed by atoms with Crippen molar-refractivity contribution in [3.05, 3.63) is 84.1 Å². The van der Waals surface area contributed by atoms with E-state index in [1.54, 1.807) is 11.9 Å². The van der Waals surface area contributed by atoms with Gasteiger partial charge in [0, 0.05) is 49.1 Å². The lowest BCUT2D eigenvalue weighted by Crippen LogP contribution is -2.54. The van der Waals surface area contributed by atoms with Crippen LogP contribution in [0.15, 0.2) is 72.9 Å². The minimum absolute atomic E-state index is 0.0417. The number of rotatable bonds is 9. The lowest BCUT2D eigenvalue weighted by atomic mass is 9.95. The van der Waals surface area contributed by atoms with E-state index in [4.69, 9.17) is 5.73 Å². The van der Waals surface area contributed by atoms with E-state index in [2.05, 4.69) is 45.9 Å². The summed E-state index contributed by atoms with van der Waals surface area (Å²) < 4.78 is 0. The fourth-order valence-electron chi connectivity index (χ4n) is 5.53. The Morgan fingerprint density at radius 2 is 1.74 bits per heavy atom. The topological polar surface area (TPSA) is 103 Å². The summed E-state index contributed by atoms with van der Waals surface area (Å²) in [6.07, 6.45) is 4.62. The first kappa shape index (κ1) is 25.9. The fourth-order valence-corrected chi connectivity index (χ4v) is 5.53. The minimum atomic E-state index is -0.666. The van der Waals surface area contributed by atoms with Crippen LogP contribution in [0, 0.1) is 5.92 Å². The number of amides is 2. The SMILES string of the molecule is CN(C(=O)[C@@H](Cc1ccc2ccccc2c1)NC(=O)C1CCNCC1)[C@@H](CN)Cc1c[nH]c2ccccc12. The van der Waals surface area contributed by atoms with Gasteiger partial charge in [0.15, 0.2) is 0 Å². The first-order valence-electron chi connectivity index (χ1n) is 13.5. The van der Waals surface area contributed by atoms with Crippen molar-refractivity contribution >= 4 is 33.5 Å². The van der Waals surface area contributed by atoms with E-state index < -0.39 is 6.04 Å². The van der Waals surface area contributed by atoms with Crippen molar-refractivity contribution in [1.29, 1.82) is 0 Å². The molecule has 5 N–H and O–H groups in total. The van der Waals surface area contributed by atoms with Gasteiger partial charge < -0.3 is 26.3 Å². The molecule has 1 saturated heterocycles. The monoisotopic (exact) mass is 511 g/mol. The molecular formula is C31H37N5O2. The predicted octanol–water partition coefficient (Wildman–Crippen LogP) is 3.38. The van der Waals surface area contributed by atoms with E-state index in [1.165, 1.54) is 0 Å². The van der Waals surface area contributed by atoms with Gasteiger partial charge in [0.1, 0.15) is 6.04 Å². The molecule has 2 amide bonds. The molecule has 7 heteroatoms. The maximum Gasteiger partial charge on any atom is 0.245 e. The number of piperidine rings is 1. The molecule has 0 unspecified atom stereocenters. The third kappa shape index (κ3) is 5.74. The summed E-state index contributed by atoms with van der Waals surface area (Å²) in [4.78, 5) is 32.2. The van der Waals surface area contributed by atoms with Crippen molar-refractivity contribution in [1.82, 2.24) is 20.5 Å². The largest absolute Gasteiger partial charge is 0.361 e. The molecule has 0 aliphatic carbocycles. The Labute approximate surface area is 223 Å². The standard InChI is InChI=1S/C31H37N5O2/c1-36(26(19-32)18-25-20-34-28-9-5-4-8-27(25)28)31(38)29(35-30(37)23-12-14-33-15-13-23)17-21-10-11-22-6-2-3-7-24(22)16-21/h2-11,16,20,23,26,29,33-34H,12-15,17-19,32H2,1H3,(H,35,37)/t26-,29-/m1/s1. The van der Waals surface area contributed by atoms with Crippen LogP contribution >= 0.6 is 0 Å². The number of carbonyl (C=O) groups is 2. The molecule has 1 aliphatic rings. The smallest absolute Gasteiger partial charge is 0.245 e. The van der Waals surface area contributed by atoms with Crippen LogP contribution in [-0.4, -0.2) is 60.5 Å². The third-order valence-corrected chi connectivity index (χ3v) is 7.88. The van der Waals surface area contributed by atoms with E-state index in [9.17, 15) is 9.59 Å². The first-order chi connectivity index (χ1) is 18.5. The predicted molar refractivity (Wildman–Crippen MR) is 153 cm³/mol. The number of nitrogens with one attached hydrogen (secondary N) is 3. The van der Waals surface area contributed by atoms with E-state index in [-0.39, 0.29) is 23.8 Å². The number of aromatic nitrogens is 1. The van der Waals surface area contributed by atoms with Crippen LogP contribution in [-0.2, 0) is 22.4 Å². The van der Waals surface area contributed by atoms with E-state index in [1.807, 2.05) is 42.6 Å². The second-order valence-electron chi connectivity index (χ2n) is 10.4. The average Bonchev–Trinajstić information content (AvgIpc) is 3.38. The van der Waals surface area contributed by atoms with Crippen molar-refractivity contribution < 1.29 is 9.59 Å². The zero-order valence-corrected chi connectivity index (χ0v) is 22.0. The number of para-hydroxylation sites is 1. The summed E-state index contributed by atoms with van der Waals surface area (Å²) in [5.41, 5.74) is 9.41. The summed E-state index contributed by atoms with van der Waals surface area (Å²) in [6, 6.07) is 21.7. The molecule has 0 radical (unpaired) electrons. The van der Waals surface area contributed by atoms with Crippen LogP contribution in [0.25, 0.3) is 21.7 Å². The molecule has 198 valence electrons. The molecule has 4 aromatic rings. The lowest BCUT2D eigenvalue weighted by Gasteiger charge is -2.32. The third-order valence-electron chi connectivity index (χ3n) is 7.88. The molecule has 1 aliphatic heterocycles. The highest BCUT2D eigenvalue weighted by Crippen LogP contribution is 2.22. The number of nitrogens with two attached hydrogens (primary N) is 1. The van der Waals surface area contributed by atoms with Crippen LogP contribution in [0.4, 0.5) is 0 Å². The van der Waals surface area contributed by atoms with E-state index >= 15 is 0 Å². The molecule has 3 aromatic carbocycles. The van der Waals surface area contributed by atoms with Crippen molar-refractivity contribution in [3.8, 4) is 0 Å². The van der Waals surface area contributed by atoms with Gasteiger partial charge in [-0.3, -0.25) is 9.59 Å². The van der Waals surface area contributed by atoms with Gasteiger partial charge in [0.05, 0.1) is 0 Å². The van der Waals surface area contributed by atoms with E-state index in [0.717, 1.165) is 58.7 Å². The highest BCUT2D eigenvalue weighted by molar-refractivity contribution is 5.90. The number of carbonyl (C=O) groups excluding carboxylic acids is 2. The number of benzene rings is 3. The highest BCUT2D eigenvalue weighted by atomic mass is 16.2. The second-order valence-corrected chi connectivity index (χ2v) is 10.4. The molecule has 2 heterocycles. The molecule has 0 bridgehead atoms. The number of nitrogens with zero attached hydrogens (tertiary/aromatic N) is 1. The highest BCUT2D eigenvalue weighted by Gasteiger charge is 2.31. The van der Waals surface area contributed by atoms with Gasteiger partial charge in [-0.05, 0) is 60.3 Å². The maximum absolute atomic E-state index is 14.0. The number of aromatic amines is 1. The Balaban J connectivity index is 1.37. The Kier molecular flexibility index (Phi) is 8.05. The zero-order chi connectivity index (χ0) is 26.5. The molecule has 7 nitrogen and oxygen atoms in total. The normalized spacial score (nSPS) is 15.8. The van der Waals surface area contributed by atoms with Gasteiger partial charge in [0.2, 0.25) is 11.8 Å². The van der Waals surface area contributed by atoms with Crippen molar-refractivity contribution in [3.63, 3.8) is 0 Å². The Hall–Kier alpha value is -3.68. The van der Waals surface area contributed by atoms with Crippen molar-refractivity contribution in [2.45, 2.75) is 37.8 Å². The van der Waals surface area contributed by atoms with Crippen molar-refractivity contribution in [2.24, 2.45) is 11.7 Å². The zero-order valence-electron chi connectivity index (χ0n) is 22.0. The van der Waals surface area contributed by atoms with Crippen LogP contribution in [0.3, 0.4) is 0 Å². The quantitative estimate of drug-likeness (QED) is 0.277. The first-order valence-corrected chi connectivity index (χ1v) is 13.5. The number of fused-ring (bicyclic) bond motifs is 2. The Morgan fingerprint density at radius 1 is 1.00 bits per heavy atom. The number of hydrogen-bond donors (Lipinski definition) is 4. The molecule has 5 rings (SSSR count). The van der Waals surface area contributed by atoms with Gasteiger partial charge in [-0.25, -0.2) is 0 Å². The average molecular weight is 512 g/mol. The molecule has 0 spiro atoms. The number of likely N-dealkylation sites (N-methyl/N-ethyl adjacent to an activating group) is 1. The fraction of sp³-hybridized carbons (Fsp3) is 0.355. The minimum Gasteiger partial charge on any atom is -0.361 e. The van der Waals surface area contributed by atoms with Crippen LogP contribution in [0.5, 0.6) is 0 Å². The molecular weight excluding hydrogens is 474 g/mol. The van der Waals surface area contributed by atoms with Gasteiger partial charge in [0.25, 0.3) is 0 Å². The van der Waals surface area contributed by atoms with Gasteiger partial charge in [-0.15, -0.1) is 0 Å². The summed E-state index contributed by atoms with van der Waals surface area (Å²) >= 11 is 0. The maximum atomic E-state index is 14.0. The van der Waals surface area contributed by atoms with Gasteiger partial charge >= 0.3 is 0 Å². The summed E-state index contributed by atoms with van der Waals surface area (Å²) in [5.74, 6) is -0.235. The summed E-state index contributed by atoms with van der Waals surface area (Å²) in [7, 11) is 1.80. The van der Waals surface area contributed by atoms with Crippen LogP contribution in [0.2, 0.25) is 0 Å².